The van der Waals surface area contributed by atoms with Crippen LogP contribution in [0.4, 0.5) is 10.1 Å². The second-order valence-electron chi connectivity index (χ2n) is 6.35. The fraction of sp³-hybridized carbons (Fsp3) is 0.250. The van der Waals surface area contributed by atoms with Gasteiger partial charge in [0.2, 0.25) is 17.6 Å². The molecule has 1 aromatic heterocycles. The molecule has 0 fully saturated rings. The van der Waals surface area contributed by atoms with Crippen molar-refractivity contribution in [3.05, 3.63) is 65.8 Å². The maximum Gasteiger partial charge on any atom is 0.227 e. The molecule has 0 bridgehead atoms. The summed E-state index contributed by atoms with van der Waals surface area (Å²) in [4.78, 5) is 16.3. The van der Waals surface area contributed by atoms with Gasteiger partial charge in [0.15, 0.2) is 0 Å². The molecule has 0 saturated heterocycles. The van der Waals surface area contributed by atoms with Crippen LogP contribution in [0.15, 0.2) is 53.1 Å². The molecule has 1 N–H and O–H groups in total. The standard InChI is InChI=1S/C20H20FN3O2/c1-13(2)14-6-8-15(9-7-14)20-23-19(26-24-20)11-10-18(25)22-17-5-3-4-16(21)12-17/h3-9,12-13H,10-11H2,1-2H3,(H,22,25). The molecule has 6 heteroatoms. The van der Waals surface area contributed by atoms with Crippen LogP contribution in [0.3, 0.4) is 0 Å². The van der Waals surface area contributed by atoms with Crippen molar-refractivity contribution in [3.8, 4) is 11.4 Å². The fourth-order valence-electron chi connectivity index (χ4n) is 2.50. The Bertz CT molecular complexity index is 888. The van der Waals surface area contributed by atoms with Gasteiger partial charge >= 0.3 is 0 Å². The van der Waals surface area contributed by atoms with E-state index >= 15 is 0 Å². The van der Waals surface area contributed by atoms with Crippen molar-refractivity contribution >= 4 is 11.6 Å². The van der Waals surface area contributed by atoms with E-state index in [9.17, 15) is 9.18 Å². The zero-order chi connectivity index (χ0) is 18.5. The first kappa shape index (κ1) is 17.8. The summed E-state index contributed by atoms with van der Waals surface area (Å²) in [7, 11) is 0. The van der Waals surface area contributed by atoms with Gasteiger partial charge in [-0.05, 0) is 29.7 Å². The van der Waals surface area contributed by atoms with Gasteiger partial charge in [-0.15, -0.1) is 0 Å². The van der Waals surface area contributed by atoms with Gasteiger partial charge in [0.25, 0.3) is 0 Å². The first-order chi connectivity index (χ1) is 12.5. The van der Waals surface area contributed by atoms with E-state index in [2.05, 4.69) is 29.3 Å². The number of benzene rings is 2. The third-order valence-electron chi connectivity index (χ3n) is 3.98. The number of nitrogens with one attached hydrogen (secondary N) is 1. The molecule has 0 atom stereocenters. The normalized spacial score (nSPS) is 10.9. The van der Waals surface area contributed by atoms with Crippen LogP contribution in [0, 0.1) is 5.82 Å². The van der Waals surface area contributed by atoms with E-state index in [1.54, 1.807) is 12.1 Å². The van der Waals surface area contributed by atoms with E-state index in [0.717, 1.165) is 5.56 Å². The van der Waals surface area contributed by atoms with Gasteiger partial charge in [-0.25, -0.2) is 4.39 Å². The number of hydrogen-bond donors (Lipinski definition) is 1. The molecule has 3 aromatic rings. The zero-order valence-electron chi connectivity index (χ0n) is 14.7. The molecule has 134 valence electrons. The number of carbonyl (C=O) groups is 1. The maximum atomic E-state index is 13.1. The van der Waals surface area contributed by atoms with E-state index in [-0.39, 0.29) is 12.3 Å². The van der Waals surface area contributed by atoms with E-state index in [4.69, 9.17) is 4.52 Å². The van der Waals surface area contributed by atoms with E-state index in [1.165, 1.54) is 17.7 Å². The Kier molecular flexibility index (Phi) is 5.41. The Morgan fingerprint density at radius 1 is 1.19 bits per heavy atom. The van der Waals surface area contributed by atoms with Gasteiger partial charge in [-0.3, -0.25) is 4.79 Å². The molecule has 0 aliphatic carbocycles. The summed E-state index contributed by atoms with van der Waals surface area (Å²) in [5, 5.41) is 6.61. The lowest BCUT2D eigenvalue weighted by atomic mass is 10.0. The average molecular weight is 353 g/mol. The number of amides is 1. The van der Waals surface area contributed by atoms with Gasteiger partial charge < -0.3 is 9.84 Å². The van der Waals surface area contributed by atoms with Gasteiger partial charge in [0.1, 0.15) is 5.82 Å². The molecule has 0 spiro atoms. The first-order valence-electron chi connectivity index (χ1n) is 8.49. The summed E-state index contributed by atoms with van der Waals surface area (Å²) in [6.07, 6.45) is 0.489. The number of halogens is 1. The Balaban J connectivity index is 1.57. The highest BCUT2D eigenvalue weighted by Gasteiger charge is 2.11. The number of aromatic nitrogens is 2. The smallest absolute Gasteiger partial charge is 0.227 e. The van der Waals surface area contributed by atoms with Crippen molar-refractivity contribution < 1.29 is 13.7 Å². The number of nitrogens with zero attached hydrogens (tertiary/aromatic N) is 2. The minimum Gasteiger partial charge on any atom is -0.339 e. The van der Waals surface area contributed by atoms with Gasteiger partial charge in [-0.2, -0.15) is 4.98 Å². The lowest BCUT2D eigenvalue weighted by molar-refractivity contribution is -0.116. The molecule has 0 aliphatic rings. The van der Waals surface area contributed by atoms with Crippen LogP contribution in [0.5, 0.6) is 0 Å². The van der Waals surface area contributed by atoms with E-state index in [0.29, 0.717) is 29.7 Å². The van der Waals surface area contributed by atoms with Gasteiger partial charge in [0, 0.05) is 24.1 Å². The molecule has 0 radical (unpaired) electrons. The number of hydrogen-bond acceptors (Lipinski definition) is 4. The summed E-state index contributed by atoms with van der Waals surface area (Å²) in [6, 6.07) is 13.8. The second kappa shape index (κ2) is 7.91. The topological polar surface area (TPSA) is 68.0 Å². The predicted molar refractivity (Wildman–Crippen MR) is 97.2 cm³/mol. The quantitative estimate of drug-likeness (QED) is 0.705. The Hall–Kier alpha value is -3.02. The predicted octanol–water partition coefficient (Wildman–Crippen LogP) is 4.57. The van der Waals surface area contributed by atoms with Crippen molar-refractivity contribution in [2.45, 2.75) is 32.6 Å². The van der Waals surface area contributed by atoms with Gasteiger partial charge in [0.05, 0.1) is 0 Å². The number of carbonyl (C=O) groups excluding carboxylic acids is 1. The lowest BCUT2D eigenvalue weighted by Crippen LogP contribution is -2.12. The third-order valence-corrected chi connectivity index (χ3v) is 3.98. The minimum atomic E-state index is -0.396. The second-order valence-corrected chi connectivity index (χ2v) is 6.35. The number of anilines is 1. The maximum absolute atomic E-state index is 13.1. The van der Waals surface area contributed by atoms with Crippen LogP contribution in [0.25, 0.3) is 11.4 Å². The molecule has 0 aliphatic heterocycles. The van der Waals surface area contributed by atoms with Crippen molar-refractivity contribution in [2.75, 3.05) is 5.32 Å². The fourth-order valence-corrected chi connectivity index (χ4v) is 2.50. The van der Waals surface area contributed by atoms with E-state index < -0.39 is 5.82 Å². The summed E-state index contributed by atoms with van der Waals surface area (Å²) in [5.74, 6) is 0.717. The molecule has 3 rings (SSSR count). The van der Waals surface area contributed by atoms with Crippen LogP contribution in [-0.2, 0) is 11.2 Å². The van der Waals surface area contributed by atoms with Crippen LogP contribution in [0.2, 0.25) is 0 Å². The van der Waals surface area contributed by atoms with Crippen LogP contribution in [0.1, 0.15) is 37.6 Å². The van der Waals surface area contributed by atoms with Crippen LogP contribution >= 0.6 is 0 Å². The van der Waals surface area contributed by atoms with Crippen molar-refractivity contribution in [3.63, 3.8) is 0 Å². The minimum absolute atomic E-state index is 0.171. The highest BCUT2D eigenvalue weighted by molar-refractivity contribution is 5.90. The molecular weight excluding hydrogens is 333 g/mol. The van der Waals surface area contributed by atoms with Crippen LogP contribution < -0.4 is 5.32 Å². The summed E-state index contributed by atoms with van der Waals surface area (Å²) in [5.41, 5.74) is 2.53. The SMILES string of the molecule is CC(C)c1ccc(-c2noc(CCC(=O)Nc3cccc(F)c3)n2)cc1. The Morgan fingerprint density at radius 3 is 2.65 bits per heavy atom. The van der Waals surface area contributed by atoms with Crippen molar-refractivity contribution in [2.24, 2.45) is 0 Å². The van der Waals surface area contributed by atoms with Crippen molar-refractivity contribution in [1.29, 1.82) is 0 Å². The molecule has 5 nitrogen and oxygen atoms in total. The first-order valence-corrected chi connectivity index (χ1v) is 8.49. The Labute approximate surface area is 151 Å². The van der Waals surface area contributed by atoms with Gasteiger partial charge in [-0.1, -0.05) is 49.3 Å². The number of aryl methyl sites for hydroxylation is 1. The van der Waals surface area contributed by atoms with E-state index in [1.807, 2.05) is 24.3 Å². The Morgan fingerprint density at radius 2 is 1.96 bits per heavy atom. The highest BCUT2D eigenvalue weighted by atomic mass is 19.1. The molecular formula is C20H20FN3O2. The summed E-state index contributed by atoms with van der Waals surface area (Å²) < 4.78 is 18.3. The number of rotatable bonds is 6. The lowest BCUT2D eigenvalue weighted by Gasteiger charge is -2.04. The molecule has 0 unspecified atom stereocenters. The molecule has 1 amide bonds. The zero-order valence-corrected chi connectivity index (χ0v) is 14.7. The van der Waals surface area contributed by atoms with Crippen LogP contribution in [-0.4, -0.2) is 16.0 Å². The third kappa shape index (κ3) is 4.53. The summed E-state index contributed by atoms with van der Waals surface area (Å²) >= 11 is 0. The largest absolute Gasteiger partial charge is 0.339 e. The summed E-state index contributed by atoms with van der Waals surface area (Å²) in [6.45, 7) is 4.27. The molecule has 26 heavy (non-hydrogen) atoms. The molecule has 0 saturated carbocycles. The monoisotopic (exact) mass is 353 g/mol. The van der Waals surface area contributed by atoms with Crippen molar-refractivity contribution in [1.82, 2.24) is 10.1 Å². The molecule has 1 heterocycles. The average Bonchev–Trinajstić information content (AvgIpc) is 3.09. The highest BCUT2D eigenvalue weighted by Crippen LogP contribution is 2.21. The molecule has 2 aromatic carbocycles.